The first-order valence-corrected chi connectivity index (χ1v) is 10.4. The van der Waals surface area contributed by atoms with Crippen molar-refractivity contribution in [3.05, 3.63) is 24.3 Å². The van der Waals surface area contributed by atoms with Gasteiger partial charge in [0.15, 0.2) is 19.7 Å². The summed E-state index contributed by atoms with van der Waals surface area (Å²) in [7, 11) is -6.76. The molecule has 0 heterocycles. The van der Waals surface area contributed by atoms with Gasteiger partial charge in [0.2, 0.25) is 0 Å². The van der Waals surface area contributed by atoms with Gasteiger partial charge in [-0.1, -0.05) is 20.8 Å². The van der Waals surface area contributed by atoms with Crippen molar-refractivity contribution in [2.45, 2.75) is 36.6 Å². The number of nitrogens with one attached hydrogen (secondary N) is 1. The van der Waals surface area contributed by atoms with Crippen LogP contribution in [0.25, 0.3) is 0 Å². The molecule has 1 N–H and O–H groups in total. The van der Waals surface area contributed by atoms with Gasteiger partial charge in [-0.25, -0.2) is 16.8 Å². The molecule has 0 spiro atoms. The minimum atomic E-state index is -3.45. The normalized spacial score (nSPS) is 14.3. The first-order chi connectivity index (χ1) is 9.58. The molecule has 5 nitrogen and oxygen atoms in total. The number of benzene rings is 1. The van der Waals surface area contributed by atoms with E-state index in [1.165, 1.54) is 24.3 Å². The molecular weight excluding hydrogens is 310 g/mol. The third-order valence-electron chi connectivity index (χ3n) is 3.28. The molecule has 0 saturated heterocycles. The van der Waals surface area contributed by atoms with E-state index in [-0.39, 0.29) is 27.5 Å². The third-order valence-corrected chi connectivity index (χ3v) is 6.20. The van der Waals surface area contributed by atoms with Crippen molar-refractivity contribution < 1.29 is 16.8 Å². The van der Waals surface area contributed by atoms with Gasteiger partial charge in [-0.3, -0.25) is 0 Å². The molecule has 1 aromatic carbocycles. The second kappa shape index (κ2) is 6.89. The smallest absolute Gasteiger partial charge is 0.179 e. The Labute approximate surface area is 127 Å². The Hall–Kier alpha value is -0.920. The zero-order valence-electron chi connectivity index (χ0n) is 12.8. The molecule has 0 fully saturated rings. The first kappa shape index (κ1) is 18.1. The largest absolute Gasteiger partial charge is 0.313 e. The summed E-state index contributed by atoms with van der Waals surface area (Å²) in [6, 6.07) is 5.25. The Balaban J connectivity index is 3.03. The fourth-order valence-electron chi connectivity index (χ4n) is 1.98. The number of hydrogen-bond acceptors (Lipinski definition) is 5. The van der Waals surface area contributed by atoms with Crippen LogP contribution < -0.4 is 5.32 Å². The Morgan fingerprint density at radius 3 is 1.86 bits per heavy atom. The quantitative estimate of drug-likeness (QED) is 0.818. The Bertz CT molecular complexity index is 661. The molecular formula is C14H23NO4S2. The summed E-state index contributed by atoms with van der Waals surface area (Å²) in [6.07, 6.45) is 1.09. The van der Waals surface area contributed by atoms with E-state index in [2.05, 4.69) is 5.32 Å². The van der Waals surface area contributed by atoms with Crippen LogP contribution in [0.1, 0.15) is 20.8 Å². The van der Waals surface area contributed by atoms with E-state index in [0.717, 1.165) is 6.26 Å². The SMILES string of the molecule is CCNC(CS(=O)(=O)c1ccc(S(C)(=O)=O)cc1)C(C)C. The summed E-state index contributed by atoms with van der Waals surface area (Å²) in [6.45, 7) is 6.57. The molecule has 1 atom stereocenters. The maximum absolute atomic E-state index is 12.4. The molecule has 0 aliphatic rings. The minimum absolute atomic E-state index is 0.00325. The molecule has 0 amide bonds. The highest BCUT2D eigenvalue weighted by molar-refractivity contribution is 7.91. The summed E-state index contributed by atoms with van der Waals surface area (Å²) < 4.78 is 47.6. The summed E-state index contributed by atoms with van der Waals surface area (Å²) in [4.78, 5) is 0.270. The molecule has 120 valence electrons. The van der Waals surface area contributed by atoms with Crippen LogP contribution in [0.3, 0.4) is 0 Å². The maximum Gasteiger partial charge on any atom is 0.179 e. The fourth-order valence-corrected chi connectivity index (χ4v) is 4.33. The van der Waals surface area contributed by atoms with Crippen molar-refractivity contribution in [3.8, 4) is 0 Å². The molecule has 1 rings (SSSR count). The molecule has 21 heavy (non-hydrogen) atoms. The predicted molar refractivity (Wildman–Crippen MR) is 83.9 cm³/mol. The third kappa shape index (κ3) is 5.09. The summed E-state index contributed by atoms with van der Waals surface area (Å²) in [5.74, 6) is 0.187. The number of hydrogen-bond donors (Lipinski definition) is 1. The van der Waals surface area contributed by atoms with E-state index in [1.54, 1.807) is 0 Å². The van der Waals surface area contributed by atoms with Gasteiger partial charge in [-0.15, -0.1) is 0 Å². The van der Waals surface area contributed by atoms with Crippen LogP contribution in [0.4, 0.5) is 0 Å². The van der Waals surface area contributed by atoms with Crippen molar-refractivity contribution >= 4 is 19.7 Å². The van der Waals surface area contributed by atoms with Crippen LogP contribution in [0, 0.1) is 5.92 Å². The van der Waals surface area contributed by atoms with Crippen molar-refractivity contribution in [2.24, 2.45) is 5.92 Å². The van der Waals surface area contributed by atoms with Gasteiger partial charge < -0.3 is 5.32 Å². The van der Waals surface area contributed by atoms with Gasteiger partial charge >= 0.3 is 0 Å². The molecule has 1 aromatic rings. The first-order valence-electron chi connectivity index (χ1n) is 6.84. The molecule has 0 aliphatic heterocycles. The lowest BCUT2D eigenvalue weighted by molar-refractivity contribution is 0.435. The zero-order chi connectivity index (χ0) is 16.3. The number of sulfone groups is 2. The Kier molecular flexibility index (Phi) is 5.95. The van der Waals surface area contributed by atoms with Crippen molar-refractivity contribution in [1.82, 2.24) is 5.32 Å². The van der Waals surface area contributed by atoms with Crippen molar-refractivity contribution in [3.63, 3.8) is 0 Å². The summed E-state index contributed by atoms with van der Waals surface area (Å²) in [5.41, 5.74) is 0. The highest BCUT2D eigenvalue weighted by atomic mass is 32.2. The molecule has 0 aromatic heterocycles. The van der Waals surface area contributed by atoms with E-state index < -0.39 is 19.7 Å². The van der Waals surface area contributed by atoms with Crippen LogP contribution in [0.2, 0.25) is 0 Å². The van der Waals surface area contributed by atoms with Crippen LogP contribution in [0.5, 0.6) is 0 Å². The maximum atomic E-state index is 12.4. The Morgan fingerprint density at radius 1 is 1.00 bits per heavy atom. The fraction of sp³-hybridized carbons (Fsp3) is 0.571. The van der Waals surface area contributed by atoms with Gasteiger partial charge in [-0.05, 0) is 36.7 Å². The minimum Gasteiger partial charge on any atom is -0.313 e. The number of rotatable bonds is 7. The second-order valence-corrected chi connectivity index (χ2v) is 9.48. The van der Waals surface area contributed by atoms with Gasteiger partial charge in [-0.2, -0.15) is 0 Å². The monoisotopic (exact) mass is 333 g/mol. The molecule has 1 unspecified atom stereocenters. The molecule has 0 saturated carbocycles. The van der Waals surface area contributed by atoms with Gasteiger partial charge in [0, 0.05) is 12.3 Å². The van der Waals surface area contributed by atoms with Crippen LogP contribution in [-0.2, 0) is 19.7 Å². The Morgan fingerprint density at radius 2 is 1.48 bits per heavy atom. The van der Waals surface area contributed by atoms with Gasteiger partial charge in [0.1, 0.15) is 0 Å². The topological polar surface area (TPSA) is 80.3 Å². The van der Waals surface area contributed by atoms with E-state index in [0.29, 0.717) is 6.54 Å². The van der Waals surface area contributed by atoms with E-state index in [1.807, 2.05) is 20.8 Å². The molecule has 0 radical (unpaired) electrons. The lowest BCUT2D eigenvalue weighted by Gasteiger charge is -2.21. The van der Waals surface area contributed by atoms with Gasteiger partial charge in [0.05, 0.1) is 15.5 Å². The molecule has 0 aliphatic carbocycles. The summed E-state index contributed by atoms with van der Waals surface area (Å²) in [5, 5.41) is 3.17. The van der Waals surface area contributed by atoms with Crippen molar-refractivity contribution in [2.75, 3.05) is 18.6 Å². The lowest BCUT2D eigenvalue weighted by Crippen LogP contribution is -2.39. The predicted octanol–water partition coefficient (Wildman–Crippen LogP) is 1.50. The molecule has 7 heteroatoms. The van der Waals surface area contributed by atoms with E-state index in [4.69, 9.17) is 0 Å². The average Bonchev–Trinajstić information content (AvgIpc) is 2.37. The second-order valence-electron chi connectivity index (χ2n) is 5.43. The van der Waals surface area contributed by atoms with Crippen molar-refractivity contribution in [1.29, 1.82) is 0 Å². The van der Waals surface area contributed by atoms with E-state index >= 15 is 0 Å². The van der Waals surface area contributed by atoms with E-state index in [9.17, 15) is 16.8 Å². The average molecular weight is 333 g/mol. The van der Waals surface area contributed by atoms with Gasteiger partial charge in [0.25, 0.3) is 0 Å². The lowest BCUT2D eigenvalue weighted by atomic mass is 10.1. The summed E-state index contributed by atoms with van der Waals surface area (Å²) >= 11 is 0. The van der Waals surface area contributed by atoms with Crippen LogP contribution >= 0.6 is 0 Å². The van der Waals surface area contributed by atoms with Crippen LogP contribution in [0.15, 0.2) is 34.1 Å². The highest BCUT2D eigenvalue weighted by Gasteiger charge is 2.23. The highest BCUT2D eigenvalue weighted by Crippen LogP contribution is 2.18. The molecule has 0 bridgehead atoms. The zero-order valence-corrected chi connectivity index (χ0v) is 14.5. The standard InChI is InChI=1S/C14H23NO4S2/c1-5-15-14(11(2)3)10-21(18,19)13-8-6-12(7-9-13)20(4,16)17/h6-9,11,14-15H,5,10H2,1-4H3. The van der Waals surface area contributed by atoms with Crippen LogP contribution in [-0.4, -0.2) is 41.4 Å².